The second-order valence-corrected chi connectivity index (χ2v) is 11.3. The standard InChI is InChI=1S/C20H46O4Si2/c1-5-11-21-19(22-12-6-2)9-15-25-17-18-26-16-10-20(23-13-7-3)24-14-8-4/h19-20H,5-18,25-26H2,1-4H3. The zero-order chi connectivity index (χ0) is 19.3. The third-order valence-electron chi connectivity index (χ3n) is 4.16. The van der Waals surface area contributed by atoms with Crippen LogP contribution in [0.2, 0.25) is 24.2 Å². The Morgan fingerprint density at radius 1 is 0.500 bits per heavy atom. The van der Waals surface area contributed by atoms with Gasteiger partial charge in [-0.25, -0.2) is 0 Å². The van der Waals surface area contributed by atoms with Gasteiger partial charge in [-0.3, -0.25) is 0 Å². The van der Waals surface area contributed by atoms with E-state index in [1.165, 1.54) is 24.2 Å². The molecule has 0 rings (SSSR count). The Morgan fingerprint density at radius 3 is 1.08 bits per heavy atom. The second kappa shape index (κ2) is 21.6. The molecule has 0 unspecified atom stereocenters. The highest BCUT2D eigenvalue weighted by Gasteiger charge is 2.10. The smallest absolute Gasteiger partial charge is 0.157 e. The van der Waals surface area contributed by atoms with Crippen LogP contribution < -0.4 is 0 Å². The summed E-state index contributed by atoms with van der Waals surface area (Å²) in [7, 11) is 0.120. The molecule has 0 radical (unpaired) electrons. The van der Waals surface area contributed by atoms with E-state index in [2.05, 4.69) is 27.7 Å². The summed E-state index contributed by atoms with van der Waals surface area (Å²) in [4.78, 5) is 0. The van der Waals surface area contributed by atoms with Crippen molar-refractivity contribution in [2.75, 3.05) is 26.4 Å². The van der Waals surface area contributed by atoms with Crippen molar-refractivity contribution in [3.05, 3.63) is 0 Å². The maximum Gasteiger partial charge on any atom is 0.157 e. The van der Waals surface area contributed by atoms with E-state index in [4.69, 9.17) is 18.9 Å². The SMILES string of the molecule is CCCOC(CC[SiH2]CC[SiH2]CCC(OCCC)OCCC)OCCC. The molecule has 0 aliphatic carbocycles. The summed E-state index contributed by atoms with van der Waals surface area (Å²) < 4.78 is 23.2. The molecule has 26 heavy (non-hydrogen) atoms. The van der Waals surface area contributed by atoms with Crippen LogP contribution in [0.1, 0.15) is 66.2 Å². The topological polar surface area (TPSA) is 36.9 Å². The Labute approximate surface area is 167 Å². The molecule has 0 aromatic heterocycles. The summed E-state index contributed by atoms with van der Waals surface area (Å²) in [5.74, 6) is 0. The van der Waals surface area contributed by atoms with Gasteiger partial charge in [0.15, 0.2) is 12.6 Å². The van der Waals surface area contributed by atoms with E-state index in [1.54, 1.807) is 0 Å². The first-order valence-corrected chi connectivity index (χ1v) is 15.2. The van der Waals surface area contributed by atoms with E-state index in [1.807, 2.05) is 0 Å². The lowest BCUT2D eigenvalue weighted by atomic mass is 10.4. The summed E-state index contributed by atoms with van der Waals surface area (Å²) in [6.45, 7) is 11.9. The van der Waals surface area contributed by atoms with Gasteiger partial charge in [0.05, 0.1) is 0 Å². The van der Waals surface area contributed by atoms with Crippen LogP contribution in [0, 0.1) is 0 Å². The Hall–Kier alpha value is 0.274. The van der Waals surface area contributed by atoms with Gasteiger partial charge in [0, 0.05) is 45.5 Å². The van der Waals surface area contributed by atoms with Crippen LogP contribution in [-0.2, 0) is 18.9 Å². The zero-order valence-corrected chi connectivity index (χ0v) is 20.9. The maximum absolute atomic E-state index is 5.81. The molecular weight excluding hydrogens is 360 g/mol. The third-order valence-corrected chi connectivity index (χ3v) is 8.98. The summed E-state index contributed by atoms with van der Waals surface area (Å²) in [5.41, 5.74) is 0. The summed E-state index contributed by atoms with van der Waals surface area (Å²) in [6.07, 6.45) is 6.58. The minimum Gasteiger partial charge on any atom is -0.353 e. The highest BCUT2D eigenvalue weighted by atomic mass is 28.2. The van der Waals surface area contributed by atoms with Crippen molar-refractivity contribution >= 4 is 19.0 Å². The molecule has 0 saturated carbocycles. The number of hydrogen-bond acceptors (Lipinski definition) is 4. The molecule has 158 valence electrons. The van der Waals surface area contributed by atoms with Crippen molar-refractivity contribution in [3.8, 4) is 0 Å². The molecule has 0 fully saturated rings. The predicted molar refractivity (Wildman–Crippen MR) is 118 cm³/mol. The molecule has 0 aliphatic rings. The van der Waals surface area contributed by atoms with Crippen LogP contribution in [-0.4, -0.2) is 58.0 Å². The van der Waals surface area contributed by atoms with Crippen LogP contribution in [0.15, 0.2) is 0 Å². The highest BCUT2D eigenvalue weighted by molar-refractivity contribution is 6.42. The Bertz CT molecular complexity index is 228. The van der Waals surface area contributed by atoms with Crippen molar-refractivity contribution in [1.29, 1.82) is 0 Å². The van der Waals surface area contributed by atoms with Crippen molar-refractivity contribution < 1.29 is 18.9 Å². The van der Waals surface area contributed by atoms with Gasteiger partial charge in [0.1, 0.15) is 0 Å². The number of ether oxygens (including phenoxy) is 4. The lowest BCUT2D eigenvalue weighted by Crippen LogP contribution is -2.19. The Balaban J connectivity index is 3.64. The van der Waals surface area contributed by atoms with E-state index >= 15 is 0 Å². The Kier molecular flexibility index (Phi) is 21.8. The average molecular weight is 407 g/mol. The molecule has 0 saturated heterocycles. The fraction of sp³-hybridized carbons (Fsp3) is 1.00. The molecule has 0 atom stereocenters. The van der Waals surface area contributed by atoms with Crippen molar-refractivity contribution in [3.63, 3.8) is 0 Å². The van der Waals surface area contributed by atoms with Gasteiger partial charge >= 0.3 is 0 Å². The fourth-order valence-electron chi connectivity index (χ4n) is 2.76. The van der Waals surface area contributed by atoms with Gasteiger partial charge in [-0.2, -0.15) is 0 Å². The van der Waals surface area contributed by atoms with Crippen LogP contribution in [0.25, 0.3) is 0 Å². The lowest BCUT2D eigenvalue weighted by molar-refractivity contribution is -0.143. The van der Waals surface area contributed by atoms with Gasteiger partial charge in [0.2, 0.25) is 0 Å². The molecule has 0 aromatic carbocycles. The monoisotopic (exact) mass is 406 g/mol. The largest absolute Gasteiger partial charge is 0.353 e. The Morgan fingerprint density at radius 2 is 0.808 bits per heavy atom. The quantitative estimate of drug-likeness (QED) is 0.163. The summed E-state index contributed by atoms with van der Waals surface area (Å²) in [6, 6.07) is 5.70. The number of rotatable bonds is 21. The molecule has 0 amide bonds. The summed E-state index contributed by atoms with van der Waals surface area (Å²) >= 11 is 0. The zero-order valence-electron chi connectivity index (χ0n) is 18.1. The van der Waals surface area contributed by atoms with E-state index < -0.39 is 0 Å². The van der Waals surface area contributed by atoms with Crippen molar-refractivity contribution in [2.45, 2.75) is 103 Å². The second-order valence-electron chi connectivity index (χ2n) is 7.04. The molecule has 0 aromatic rings. The van der Waals surface area contributed by atoms with Crippen molar-refractivity contribution in [1.82, 2.24) is 0 Å². The molecule has 0 N–H and O–H groups in total. The van der Waals surface area contributed by atoms with Crippen LogP contribution in [0.5, 0.6) is 0 Å². The number of hydrogen-bond donors (Lipinski definition) is 0. The predicted octanol–water partition coefficient (Wildman–Crippen LogP) is 4.14. The molecule has 0 spiro atoms. The first-order chi connectivity index (χ1) is 12.8. The first kappa shape index (κ1) is 26.3. The van der Waals surface area contributed by atoms with Gasteiger partial charge in [0.25, 0.3) is 0 Å². The molecule has 0 aliphatic heterocycles. The maximum atomic E-state index is 5.81. The third kappa shape index (κ3) is 17.7. The first-order valence-electron chi connectivity index (χ1n) is 11.2. The molecule has 4 nitrogen and oxygen atoms in total. The summed E-state index contributed by atoms with van der Waals surface area (Å²) in [5, 5.41) is 0. The molecule has 6 heteroatoms. The van der Waals surface area contributed by atoms with Gasteiger partial charge in [-0.05, 0) is 38.5 Å². The highest BCUT2D eigenvalue weighted by Crippen LogP contribution is 2.10. The van der Waals surface area contributed by atoms with Gasteiger partial charge < -0.3 is 18.9 Å². The van der Waals surface area contributed by atoms with E-state index in [-0.39, 0.29) is 31.6 Å². The van der Waals surface area contributed by atoms with Crippen LogP contribution in [0.3, 0.4) is 0 Å². The molecule has 0 heterocycles. The normalized spacial score (nSPS) is 12.7. The van der Waals surface area contributed by atoms with E-state index in [0.717, 1.165) is 65.0 Å². The van der Waals surface area contributed by atoms with Crippen LogP contribution in [0.4, 0.5) is 0 Å². The van der Waals surface area contributed by atoms with Gasteiger partial charge in [-0.15, -0.1) is 0 Å². The lowest BCUT2D eigenvalue weighted by Gasteiger charge is -2.18. The molecule has 0 bridgehead atoms. The van der Waals surface area contributed by atoms with E-state index in [0.29, 0.717) is 0 Å². The van der Waals surface area contributed by atoms with Crippen molar-refractivity contribution in [2.24, 2.45) is 0 Å². The van der Waals surface area contributed by atoms with E-state index in [9.17, 15) is 0 Å². The average Bonchev–Trinajstić information content (AvgIpc) is 2.66. The fourth-order valence-corrected chi connectivity index (χ4v) is 7.54. The van der Waals surface area contributed by atoms with Crippen LogP contribution >= 0.6 is 0 Å². The van der Waals surface area contributed by atoms with Gasteiger partial charge in [-0.1, -0.05) is 51.9 Å². The molecular formula is C20H46O4Si2. The minimum atomic E-state index is 0.0480. The minimum absolute atomic E-state index is 0.0480.